The summed E-state index contributed by atoms with van der Waals surface area (Å²) in [5.74, 6) is 0.660. The number of allylic oxidation sites excluding steroid dienone is 5. The lowest BCUT2D eigenvalue weighted by molar-refractivity contribution is 0.0168. The van der Waals surface area contributed by atoms with Crippen molar-refractivity contribution in [2.45, 2.75) is 93.1 Å². The van der Waals surface area contributed by atoms with Gasteiger partial charge in [0, 0.05) is 54.4 Å². The van der Waals surface area contributed by atoms with Gasteiger partial charge in [-0.3, -0.25) is 4.99 Å². The van der Waals surface area contributed by atoms with E-state index in [2.05, 4.69) is 57.7 Å². The summed E-state index contributed by atoms with van der Waals surface area (Å²) in [5, 5.41) is 0.839. The molecular weight excluding hydrogens is 506 g/mol. The fourth-order valence-electron chi connectivity index (χ4n) is 4.68. The fourth-order valence-corrected chi connectivity index (χ4v) is 4.90. The van der Waals surface area contributed by atoms with Crippen LogP contribution in [0.2, 0.25) is 5.02 Å². The number of halogens is 1. The Labute approximate surface area is 242 Å². The van der Waals surface area contributed by atoms with Crippen LogP contribution in [0.25, 0.3) is 0 Å². The highest BCUT2D eigenvalue weighted by molar-refractivity contribution is 6.30. The highest BCUT2D eigenvalue weighted by atomic mass is 35.5. The molecule has 1 heterocycles. The second-order valence-corrected chi connectivity index (χ2v) is 11.8. The van der Waals surface area contributed by atoms with E-state index in [1.54, 1.807) is 0 Å². The summed E-state index contributed by atoms with van der Waals surface area (Å²) in [6, 6.07) is 8.02. The Morgan fingerprint density at radius 1 is 1.10 bits per heavy atom. The summed E-state index contributed by atoms with van der Waals surface area (Å²) in [7, 11) is 0. The normalized spacial score (nSPS) is 17.6. The molecule has 1 aromatic carbocycles. The van der Waals surface area contributed by atoms with Crippen LogP contribution >= 0.6 is 11.6 Å². The smallest absolute Gasteiger partial charge is 0.410 e. The molecule has 1 aliphatic carbocycles. The van der Waals surface area contributed by atoms with Crippen molar-refractivity contribution in [3.05, 3.63) is 70.0 Å². The van der Waals surface area contributed by atoms with Crippen molar-refractivity contribution < 1.29 is 9.53 Å². The number of carbonyl (C=O) groups is 1. The summed E-state index contributed by atoms with van der Waals surface area (Å²) >= 11 is 5.78. The molecule has 0 unspecified atom stereocenters. The van der Waals surface area contributed by atoms with E-state index >= 15 is 0 Å². The van der Waals surface area contributed by atoms with Crippen molar-refractivity contribution in [1.29, 1.82) is 0 Å². The van der Waals surface area contributed by atoms with Gasteiger partial charge in [-0.05, 0) is 96.4 Å². The van der Waals surface area contributed by atoms with Gasteiger partial charge in [-0.2, -0.15) is 0 Å². The third kappa shape index (κ3) is 11.2. The van der Waals surface area contributed by atoms with Crippen LogP contribution in [0.4, 0.5) is 4.79 Å². The SMILES string of the molecule is CCCc1cccc(Cl)c1.C\C=C(C(/C(C)=N/C=C/CC)=C(/C)N1CCN(C(=O)OC(C)(C)C)CC1)\C1CC1. The van der Waals surface area contributed by atoms with Crippen molar-refractivity contribution in [3.63, 3.8) is 0 Å². The Balaban J connectivity index is 0.000000446. The second-order valence-electron chi connectivity index (χ2n) is 11.3. The number of nitrogens with zero attached hydrogens (tertiary/aromatic N) is 3. The summed E-state index contributed by atoms with van der Waals surface area (Å²) in [5.41, 5.74) is 5.91. The van der Waals surface area contributed by atoms with E-state index < -0.39 is 5.60 Å². The highest BCUT2D eigenvalue weighted by Crippen LogP contribution is 2.41. The largest absolute Gasteiger partial charge is 0.444 e. The summed E-state index contributed by atoms with van der Waals surface area (Å²) in [6.45, 7) is 19.5. The van der Waals surface area contributed by atoms with Crippen LogP contribution in [0.15, 0.2) is 64.5 Å². The van der Waals surface area contributed by atoms with Crippen molar-refractivity contribution in [2.24, 2.45) is 10.9 Å². The van der Waals surface area contributed by atoms with Gasteiger partial charge in [0.1, 0.15) is 5.60 Å². The van der Waals surface area contributed by atoms with Gasteiger partial charge < -0.3 is 14.5 Å². The second kappa shape index (κ2) is 15.9. The zero-order valence-electron chi connectivity index (χ0n) is 25.5. The topological polar surface area (TPSA) is 45.1 Å². The number of ether oxygens (including phenoxy) is 1. The fraction of sp³-hybridized carbons (Fsp3) is 0.576. The summed E-state index contributed by atoms with van der Waals surface area (Å²) < 4.78 is 5.53. The van der Waals surface area contributed by atoms with E-state index in [-0.39, 0.29) is 6.09 Å². The number of rotatable bonds is 8. The van der Waals surface area contributed by atoms with Crippen molar-refractivity contribution >= 4 is 23.4 Å². The first-order chi connectivity index (χ1) is 18.5. The maximum Gasteiger partial charge on any atom is 0.410 e. The lowest BCUT2D eigenvalue weighted by Gasteiger charge is -2.38. The number of aliphatic imine (C=N–C) groups is 1. The van der Waals surface area contributed by atoms with Crippen molar-refractivity contribution in [3.8, 4) is 0 Å². The predicted octanol–water partition coefficient (Wildman–Crippen LogP) is 8.85. The molecule has 0 atom stereocenters. The monoisotopic (exact) mass is 555 g/mol. The maximum atomic E-state index is 12.4. The van der Waals surface area contributed by atoms with Crippen LogP contribution in [-0.2, 0) is 11.2 Å². The van der Waals surface area contributed by atoms with Gasteiger partial charge in [-0.25, -0.2) is 4.79 Å². The van der Waals surface area contributed by atoms with Gasteiger partial charge in [0.2, 0.25) is 0 Å². The molecule has 2 aliphatic rings. The van der Waals surface area contributed by atoms with E-state index in [1.807, 2.05) is 50.1 Å². The zero-order valence-corrected chi connectivity index (χ0v) is 26.3. The quantitative estimate of drug-likeness (QED) is 0.238. The highest BCUT2D eigenvalue weighted by Gasteiger charge is 2.32. The Hall–Kier alpha value is -2.53. The van der Waals surface area contributed by atoms with E-state index in [0.717, 1.165) is 36.7 Å². The van der Waals surface area contributed by atoms with E-state index in [1.165, 1.54) is 41.7 Å². The maximum absolute atomic E-state index is 12.4. The Bertz CT molecular complexity index is 1050. The third-order valence-corrected chi connectivity index (χ3v) is 7.02. The molecule has 0 bridgehead atoms. The molecular formula is C33H50ClN3O2. The average Bonchev–Trinajstić information content (AvgIpc) is 3.72. The van der Waals surface area contributed by atoms with Gasteiger partial charge in [-0.1, -0.05) is 56.2 Å². The van der Waals surface area contributed by atoms with E-state index in [9.17, 15) is 4.79 Å². The minimum atomic E-state index is -0.456. The molecule has 1 saturated carbocycles. The van der Waals surface area contributed by atoms with Crippen LogP contribution in [0.5, 0.6) is 0 Å². The van der Waals surface area contributed by atoms with E-state index in [0.29, 0.717) is 19.0 Å². The average molecular weight is 556 g/mol. The number of benzene rings is 1. The van der Waals surface area contributed by atoms with Crippen LogP contribution in [-0.4, -0.2) is 53.4 Å². The first-order valence-corrected chi connectivity index (χ1v) is 14.9. The molecule has 1 aliphatic heterocycles. The minimum Gasteiger partial charge on any atom is -0.444 e. The minimum absolute atomic E-state index is 0.214. The first-order valence-electron chi connectivity index (χ1n) is 14.5. The first kappa shape index (κ1) is 32.7. The third-order valence-electron chi connectivity index (χ3n) is 6.78. The molecule has 1 saturated heterocycles. The van der Waals surface area contributed by atoms with Crippen molar-refractivity contribution in [2.75, 3.05) is 26.2 Å². The predicted molar refractivity (Wildman–Crippen MR) is 167 cm³/mol. The standard InChI is InChI=1S/C24H39N3O2.C9H11Cl/c1-8-10-13-25-18(3)22(21(9-2)20-11-12-20)19(4)26-14-16-27(17-15-26)23(28)29-24(5,6)7;1-2-4-8-5-3-6-9(10)7-8/h9-10,13,20H,8,11-12,14-17H2,1-7H3;3,5-7H,2,4H2,1H3/b13-10+,21-9-,22-19-,25-18+;. The van der Waals surface area contributed by atoms with Crippen LogP contribution in [0.1, 0.15) is 86.6 Å². The van der Waals surface area contributed by atoms with Crippen LogP contribution < -0.4 is 0 Å². The number of hydrogen-bond acceptors (Lipinski definition) is 4. The van der Waals surface area contributed by atoms with Gasteiger partial charge in [0.05, 0.1) is 0 Å². The van der Waals surface area contributed by atoms with Gasteiger partial charge in [0.15, 0.2) is 0 Å². The Morgan fingerprint density at radius 3 is 2.26 bits per heavy atom. The molecule has 5 nitrogen and oxygen atoms in total. The Morgan fingerprint density at radius 2 is 1.74 bits per heavy atom. The van der Waals surface area contributed by atoms with Gasteiger partial charge in [0.25, 0.3) is 0 Å². The molecule has 1 aromatic rings. The molecule has 1 amide bonds. The Kier molecular flexibility index (Phi) is 13.3. The molecule has 0 radical (unpaired) electrons. The van der Waals surface area contributed by atoms with Crippen LogP contribution in [0, 0.1) is 5.92 Å². The lowest BCUT2D eigenvalue weighted by Crippen LogP contribution is -2.49. The molecule has 0 spiro atoms. The number of carbonyl (C=O) groups excluding carboxylic acids is 1. The number of hydrogen-bond donors (Lipinski definition) is 0. The number of amides is 1. The van der Waals surface area contributed by atoms with Gasteiger partial charge >= 0.3 is 6.09 Å². The number of aryl methyl sites for hydroxylation is 1. The molecule has 3 rings (SSSR count). The molecule has 6 heteroatoms. The lowest BCUT2D eigenvalue weighted by atomic mass is 9.95. The van der Waals surface area contributed by atoms with Crippen LogP contribution in [0.3, 0.4) is 0 Å². The zero-order chi connectivity index (χ0) is 29.0. The molecule has 39 heavy (non-hydrogen) atoms. The number of piperazine rings is 1. The molecule has 2 fully saturated rings. The van der Waals surface area contributed by atoms with Gasteiger partial charge in [-0.15, -0.1) is 0 Å². The van der Waals surface area contributed by atoms with E-state index in [4.69, 9.17) is 21.3 Å². The summed E-state index contributed by atoms with van der Waals surface area (Å²) in [6.07, 6.45) is 11.9. The molecule has 0 N–H and O–H groups in total. The van der Waals surface area contributed by atoms with Crippen molar-refractivity contribution in [1.82, 2.24) is 9.80 Å². The molecule has 0 aromatic heterocycles. The molecule has 216 valence electrons. The summed E-state index contributed by atoms with van der Waals surface area (Å²) in [4.78, 5) is 21.3.